The van der Waals surface area contributed by atoms with Crippen LogP contribution < -0.4 is 20.3 Å². The number of hydroxylamine groups is 2. The first-order valence-corrected chi connectivity index (χ1v) is 23.0. The van der Waals surface area contributed by atoms with Gasteiger partial charge in [-0.15, -0.1) is 0 Å². The third kappa shape index (κ3) is 10.7. The van der Waals surface area contributed by atoms with Crippen LogP contribution in [0.5, 0.6) is 5.75 Å². The predicted molar refractivity (Wildman–Crippen MR) is 246 cm³/mol. The molecule has 0 radical (unpaired) electrons. The lowest BCUT2D eigenvalue weighted by Gasteiger charge is -2.62. The summed E-state index contributed by atoms with van der Waals surface area (Å²) in [5, 5.41) is 30.1. The number of hydrogen-bond donors (Lipinski definition) is 4. The van der Waals surface area contributed by atoms with Crippen molar-refractivity contribution in [2.24, 2.45) is 29.1 Å². The quantitative estimate of drug-likeness (QED) is 0.142. The van der Waals surface area contributed by atoms with Gasteiger partial charge in [0, 0.05) is 80.7 Å². The van der Waals surface area contributed by atoms with Crippen molar-refractivity contribution in [2.75, 3.05) is 85.7 Å². The van der Waals surface area contributed by atoms with E-state index in [-0.39, 0.29) is 42.5 Å². The molecule has 3 aromatic carbocycles. The first kappa shape index (κ1) is 46.9. The Kier molecular flexibility index (Phi) is 15.2. The molecule has 5 fully saturated rings. The Morgan fingerprint density at radius 2 is 1.75 bits per heavy atom. The van der Waals surface area contributed by atoms with Crippen molar-refractivity contribution < 1.29 is 34.1 Å². The lowest BCUT2D eigenvalue weighted by molar-refractivity contribution is -0.183. The van der Waals surface area contributed by atoms with Gasteiger partial charge in [0.1, 0.15) is 24.5 Å². The highest BCUT2D eigenvalue weighted by Crippen LogP contribution is 2.61. The summed E-state index contributed by atoms with van der Waals surface area (Å²) in [5.74, 6) is 1.01. The molecule has 63 heavy (non-hydrogen) atoms. The van der Waals surface area contributed by atoms with Gasteiger partial charge in [-0.05, 0) is 92.8 Å². The van der Waals surface area contributed by atoms with Gasteiger partial charge in [-0.2, -0.15) is 5.06 Å². The van der Waals surface area contributed by atoms with Crippen molar-refractivity contribution in [1.82, 2.24) is 25.5 Å². The number of fused-ring (bicyclic) bond motifs is 2. The molecule has 3 aliphatic carbocycles. The van der Waals surface area contributed by atoms with Crippen LogP contribution in [0.1, 0.15) is 62.0 Å². The lowest BCUT2D eigenvalue weighted by atomic mass is 9.45. The molecule has 2 heterocycles. The smallest absolute Gasteiger partial charge is 0.251 e. The number of carbonyl (C=O) groups excluding carboxylic acids is 2. The van der Waals surface area contributed by atoms with Gasteiger partial charge in [-0.3, -0.25) is 19.3 Å². The molecule has 4 N–H and O–H groups in total. The van der Waals surface area contributed by atoms with Crippen LogP contribution in [0.25, 0.3) is 11.1 Å². The molecule has 9 atom stereocenters. The van der Waals surface area contributed by atoms with Crippen LogP contribution in [0, 0.1) is 29.1 Å². The van der Waals surface area contributed by atoms with Crippen molar-refractivity contribution in [2.45, 2.75) is 83.8 Å². The summed E-state index contributed by atoms with van der Waals surface area (Å²) in [5.41, 5.74) is 5.19. The number of anilines is 1. The molecule has 2 saturated heterocycles. The maximum absolute atomic E-state index is 14.6. The van der Waals surface area contributed by atoms with Crippen molar-refractivity contribution in [3.8, 4) is 16.9 Å². The largest absolute Gasteiger partial charge is 0.491 e. The minimum atomic E-state index is -0.919. The number of para-hydroxylation sites is 1. The Bertz CT molecular complexity index is 2010. The summed E-state index contributed by atoms with van der Waals surface area (Å²) in [4.78, 5) is 41.7. The third-order valence-corrected chi connectivity index (χ3v) is 14.5. The van der Waals surface area contributed by atoms with Gasteiger partial charge in [0.15, 0.2) is 0 Å². The van der Waals surface area contributed by atoms with E-state index >= 15 is 0 Å². The Hall–Kier alpha value is -4.08. The molecule has 3 saturated carbocycles. The van der Waals surface area contributed by atoms with Crippen LogP contribution in [-0.2, 0) is 27.3 Å². The number of benzene rings is 3. The standard InChI is InChI=1S/C50H72N6O7/c1-32-42-27-38(50(42,3)4)28-43(32)52-49(60)46-45(33(2)58)44(31-57)63-56(46)29-35-15-12-16-41(47(35)62-22-19-55-17-20-61-21-18-55)36-24-37(26-40(25-36)54(7)8)48(59)51-39(30-53(5)6)23-34-13-10-9-11-14-34/h9-16,24-26,32-33,38-39,42-46,57-58H,17-23,27-31H2,1-8H3,(H,51,59)(H,52,60)/t32-,33-,38?,39-,42-,43?,44-,45+,46-/m0/s1. The number of nitrogens with zero attached hydrogens (tertiary/aromatic N) is 4. The molecule has 2 bridgehead atoms. The molecule has 0 spiro atoms. The monoisotopic (exact) mass is 869 g/mol. The number of rotatable bonds is 18. The molecular formula is C50H72N6O7. The van der Waals surface area contributed by atoms with Gasteiger partial charge in [0.05, 0.1) is 32.5 Å². The fourth-order valence-corrected chi connectivity index (χ4v) is 10.8. The highest BCUT2D eigenvalue weighted by Gasteiger charge is 2.57. The fraction of sp³-hybridized carbons (Fsp3) is 0.600. The summed E-state index contributed by atoms with van der Waals surface area (Å²) in [6.45, 7) is 13.2. The third-order valence-electron chi connectivity index (χ3n) is 14.5. The van der Waals surface area contributed by atoms with Crippen molar-refractivity contribution in [1.29, 1.82) is 0 Å². The van der Waals surface area contributed by atoms with Gasteiger partial charge >= 0.3 is 0 Å². The van der Waals surface area contributed by atoms with E-state index in [1.54, 1.807) is 12.0 Å². The Labute approximate surface area is 375 Å². The number of morpholine rings is 1. The molecule has 3 aromatic rings. The summed E-state index contributed by atoms with van der Waals surface area (Å²) in [7, 11) is 7.95. The number of aliphatic hydroxyl groups excluding tert-OH is 2. The van der Waals surface area contributed by atoms with E-state index in [1.807, 2.05) is 81.6 Å². The molecule has 2 aliphatic heterocycles. The summed E-state index contributed by atoms with van der Waals surface area (Å²) in [6.07, 6.45) is 1.12. The van der Waals surface area contributed by atoms with E-state index in [0.29, 0.717) is 68.4 Å². The van der Waals surface area contributed by atoms with E-state index in [1.165, 1.54) is 6.42 Å². The van der Waals surface area contributed by atoms with E-state index < -0.39 is 24.2 Å². The van der Waals surface area contributed by atoms with Gasteiger partial charge in [-0.25, -0.2) is 0 Å². The van der Waals surface area contributed by atoms with Crippen LogP contribution in [0.15, 0.2) is 66.7 Å². The minimum Gasteiger partial charge on any atom is -0.491 e. The number of hydrogen-bond acceptors (Lipinski definition) is 11. The van der Waals surface area contributed by atoms with Gasteiger partial charge in [0.2, 0.25) is 5.91 Å². The SMILES string of the molecule is C[C@H](O)[C@@H]1[C@H](CO)ON(Cc2cccc(-c3cc(C(=O)N[C@@H](Cc4ccccc4)CN(C)C)cc(N(C)C)c3)c2OCCN2CCOCC2)[C@@H]1C(=O)NC1CC2C[C@@H]([C@@H]1C)C2(C)C. The second-order valence-electron chi connectivity index (χ2n) is 19.6. The van der Waals surface area contributed by atoms with Crippen LogP contribution in [0.2, 0.25) is 0 Å². The first-order valence-electron chi connectivity index (χ1n) is 23.0. The molecule has 8 rings (SSSR count). The Morgan fingerprint density at radius 3 is 2.40 bits per heavy atom. The van der Waals surface area contributed by atoms with Crippen LogP contribution in [0.4, 0.5) is 5.69 Å². The average molecular weight is 869 g/mol. The molecule has 0 aromatic heterocycles. The second kappa shape index (κ2) is 20.4. The zero-order valence-electron chi connectivity index (χ0n) is 38.8. The van der Waals surface area contributed by atoms with Gasteiger partial charge in [-0.1, -0.05) is 69.3 Å². The Morgan fingerprint density at radius 1 is 1.00 bits per heavy atom. The van der Waals surface area contributed by atoms with E-state index in [2.05, 4.69) is 59.4 Å². The fourth-order valence-electron chi connectivity index (χ4n) is 10.8. The second-order valence-corrected chi connectivity index (χ2v) is 19.6. The van der Waals surface area contributed by atoms with Crippen molar-refractivity contribution >= 4 is 17.5 Å². The molecule has 344 valence electrons. The molecule has 2 unspecified atom stereocenters. The van der Waals surface area contributed by atoms with Crippen molar-refractivity contribution in [3.05, 3.63) is 83.4 Å². The van der Waals surface area contributed by atoms with E-state index in [4.69, 9.17) is 14.3 Å². The number of likely N-dealkylation sites (N-methyl/N-ethyl adjacent to an activating group) is 1. The number of carbonyl (C=O) groups is 2. The maximum atomic E-state index is 14.6. The van der Waals surface area contributed by atoms with Gasteiger partial charge in [0.25, 0.3) is 5.91 Å². The van der Waals surface area contributed by atoms with Crippen LogP contribution in [0.3, 0.4) is 0 Å². The molecular weight excluding hydrogens is 797 g/mol. The maximum Gasteiger partial charge on any atom is 0.251 e. The average Bonchev–Trinajstić information content (AvgIpc) is 3.63. The molecule has 2 amide bonds. The first-order chi connectivity index (χ1) is 30.1. The minimum absolute atomic E-state index is 0.0215. The number of nitrogens with one attached hydrogen (secondary N) is 2. The highest BCUT2D eigenvalue weighted by molar-refractivity contribution is 5.97. The van der Waals surface area contributed by atoms with Crippen LogP contribution >= 0.6 is 0 Å². The number of aliphatic hydroxyl groups is 2. The molecule has 5 aliphatic rings. The zero-order valence-corrected chi connectivity index (χ0v) is 38.8. The normalized spacial score (nSPS) is 26.7. The van der Waals surface area contributed by atoms with Crippen molar-refractivity contribution in [3.63, 3.8) is 0 Å². The molecule has 13 nitrogen and oxygen atoms in total. The zero-order chi connectivity index (χ0) is 45.0. The summed E-state index contributed by atoms with van der Waals surface area (Å²) >= 11 is 0. The number of amides is 2. The summed E-state index contributed by atoms with van der Waals surface area (Å²) in [6, 6.07) is 21.1. The van der Waals surface area contributed by atoms with Gasteiger partial charge < -0.3 is 40.1 Å². The lowest BCUT2D eigenvalue weighted by Crippen LogP contribution is -2.62. The van der Waals surface area contributed by atoms with Crippen LogP contribution in [-0.4, -0.2) is 148 Å². The van der Waals surface area contributed by atoms with E-state index in [0.717, 1.165) is 47.5 Å². The molecule has 13 heteroatoms. The summed E-state index contributed by atoms with van der Waals surface area (Å²) < 4.78 is 12.4. The highest BCUT2D eigenvalue weighted by atomic mass is 16.7. The topological polar surface area (TPSA) is 139 Å². The number of ether oxygens (including phenoxy) is 2. The predicted octanol–water partition coefficient (Wildman–Crippen LogP) is 4.69. The Balaban J connectivity index is 1.21. The van der Waals surface area contributed by atoms with E-state index in [9.17, 15) is 19.8 Å².